The molecule has 1 aromatic heterocycles. The molecule has 0 fully saturated rings. The number of carbonyl (C=O) groups is 1. The van der Waals surface area contributed by atoms with Crippen LogP contribution in [0.4, 0.5) is 18.9 Å². The minimum Gasteiger partial charge on any atom is -0.271 e. The molecule has 0 unspecified atom stereocenters. The van der Waals surface area contributed by atoms with Crippen LogP contribution in [0.15, 0.2) is 76.0 Å². The third kappa shape index (κ3) is 5.92. The fraction of sp³-hybridized carbons (Fsp3) is 0.143. The summed E-state index contributed by atoms with van der Waals surface area (Å²) in [4.78, 5) is 13.2. The van der Waals surface area contributed by atoms with Crippen molar-refractivity contribution in [3.63, 3.8) is 0 Å². The smallest absolute Gasteiger partial charge is 0.271 e. The Kier molecular flexibility index (Phi) is 7.45. The van der Waals surface area contributed by atoms with Crippen molar-refractivity contribution in [1.82, 2.24) is 5.43 Å². The van der Waals surface area contributed by atoms with Gasteiger partial charge in [0.25, 0.3) is 15.9 Å². The number of halogens is 4. The number of alkyl halides is 3. The van der Waals surface area contributed by atoms with Gasteiger partial charge in [-0.1, -0.05) is 35.9 Å². The van der Waals surface area contributed by atoms with Crippen LogP contribution in [0.3, 0.4) is 0 Å². The van der Waals surface area contributed by atoms with Crippen molar-refractivity contribution in [3.8, 4) is 0 Å². The second kappa shape index (κ2) is 9.94. The fourth-order valence-corrected chi connectivity index (χ4v) is 5.11. The van der Waals surface area contributed by atoms with Crippen LogP contribution in [-0.4, -0.2) is 26.6 Å². The SMILES string of the molecule is C/C(=N\NC(=O)CN(c1ccc(Cl)c(C(F)(F)F)c1)S(=O)(=O)c1ccccc1)c1cccs1. The van der Waals surface area contributed by atoms with Crippen molar-refractivity contribution in [2.45, 2.75) is 18.0 Å². The maximum Gasteiger partial charge on any atom is 0.417 e. The number of carbonyl (C=O) groups excluding carboxylic acids is 1. The lowest BCUT2D eigenvalue weighted by Crippen LogP contribution is -2.40. The van der Waals surface area contributed by atoms with Gasteiger partial charge >= 0.3 is 6.18 Å². The predicted molar refractivity (Wildman–Crippen MR) is 122 cm³/mol. The molecule has 3 rings (SSSR count). The van der Waals surface area contributed by atoms with Crippen LogP contribution in [0, 0.1) is 0 Å². The van der Waals surface area contributed by atoms with Crippen molar-refractivity contribution in [3.05, 3.63) is 81.5 Å². The van der Waals surface area contributed by atoms with E-state index in [1.54, 1.807) is 25.1 Å². The molecule has 174 valence electrons. The Morgan fingerprint density at radius 2 is 1.82 bits per heavy atom. The topological polar surface area (TPSA) is 78.8 Å². The normalized spacial score (nSPS) is 12.5. The highest BCUT2D eigenvalue weighted by atomic mass is 35.5. The molecule has 0 radical (unpaired) electrons. The van der Waals surface area contributed by atoms with Gasteiger partial charge in [0, 0.05) is 4.88 Å². The lowest BCUT2D eigenvalue weighted by atomic mass is 10.2. The van der Waals surface area contributed by atoms with Gasteiger partial charge in [-0.05, 0) is 48.7 Å². The first-order valence-corrected chi connectivity index (χ1v) is 12.0. The summed E-state index contributed by atoms with van der Waals surface area (Å²) in [6.45, 7) is 0.844. The van der Waals surface area contributed by atoms with Gasteiger partial charge in [0.2, 0.25) is 0 Å². The quantitative estimate of drug-likeness (QED) is 0.349. The van der Waals surface area contributed by atoms with Gasteiger partial charge in [0.05, 0.1) is 26.9 Å². The van der Waals surface area contributed by atoms with Crippen molar-refractivity contribution in [2.75, 3.05) is 10.8 Å². The minimum atomic E-state index is -4.82. The predicted octanol–water partition coefficient (Wildman–Crippen LogP) is 5.16. The molecule has 0 bridgehead atoms. The molecule has 12 heteroatoms. The molecule has 0 aliphatic carbocycles. The summed E-state index contributed by atoms with van der Waals surface area (Å²) in [5, 5.41) is 5.17. The number of hydrazone groups is 1. The number of nitrogens with one attached hydrogen (secondary N) is 1. The Hall–Kier alpha value is -2.89. The van der Waals surface area contributed by atoms with Crippen molar-refractivity contribution >= 4 is 50.3 Å². The van der Waals surface area contributed by atoms with Crippen molar-refractivity contribution in [1.29, 1.82) is 0 Å². The first-order chi connectivity index (χ1) is 15.5. The summed E-state index contributed by atoms with van der Waals surface area (Å²) in [5.41, 5.74) is 1.15. The first kappa shape index (κ1) is 24.7. The number of amides is 1. The molecular weight excluding hydrogens is 499 g/mol. The summed E-state index contributed by atoms with van der Waals surface area (Å²) < 4.78 is 67.2. The van der Waals surface area contributed by atoms with Gasteiger partial charge in [0.15, 0.2) is 0 Å². The van der Waals surface area contributed by atoms with E-state index in [1.165, 1.54) is 35.6 Å². The molecular formula is C21H17ClF3N3O3S2. The molecule has 0 atom stereocenters. The number of hydrogen-bond donors (Lipinski definition) is 1. The van der Waals surface area contributed by atoms with Crippen molar-refractivity contribution in [2.24, 2.45) is 5.10 Å². The standard InChI is InChI=1S/C21H17ClF3N3O3S2/c1-14(19-8-5-11-32-19)26-27-20(29)13-28(33(30,31)16-6-3-2-4-7-16)15-9-10-18(22)17(12-15)21(23,24)25/h2-12H,13H2,1H3,(H,27,29)/b26-14+. The van der Waals surface area contributed by atoms with E-state index in [9.17, 15) is 26.4 Å². The lowest BCUT2D eigenvalue weighted by Gasteiger charge is -2.24. The molecule has 1 N–H and O–H groups in total. The average molecular weight is 516 g/mol. The Morgan fingerprint density at radius 3 is 2.42 bits per heavy atom. The monoisotopic (exact) mass is 515 g/mol. The van der Waals surface area contributed by atoms with Crippen LogP contribution in [0.25, 0.3) is 0 Å². The summed E-state index contributed by atoms with van der Waals surface area (Å²) in [7, 11) is -4.39. The second-order valence-electron chi connectivity index (χ2n) is 6.70. The number of thiophene rings is 1. The number of nitrogens with zero attached hydrogens (tertiary/aromatic N) is 2. The molecule has 0 aliphatic heterocycles. The van der Waals surface area contributed by atoms with E-state index in [-0.39, 0.29) is 10.6 Å². The molecule has 2 aromatic carbocycles. The van der Waals surface area contributed by atoms with Gasteiger partial charge < -0.3 is 0 Å². The number of sulfonamides is 1. The van der Waals surface area contributed by atoms with E-state index in [4.69, 9.17) is 11.6 Å². The van der Waals surface area contributed by atoms with Crippen LogP contribution >= 0.6 is 22.9 Å². The van der Waals surface area contributed by atoms with Crippen LogP contribution in [-0.2, 0) is 21.0 Å². The molecule has 1 heterocycles. The molecule has 0 aliphatic rings. The van der Waals surface area contributed by atoms with Crippen LogP contribution in [0.1, 0.15) is 17.4 Å². The third-order valence-electron chi connectivity index (χ3n) is 4.39. The summed E-state index contributed by atoms with van der Waals surface area (Å²) >= 11 is 7.06. The zero-order valence-corrected chi connectivity index (χ0v) is 19.4. The Labute approximate surface area is 197 Å². The van der Waals surface area contributed by atoms with Crippen molar-refractivity contribution < 1.29 is 26.4 Å². The molecule has 0 spiro atoms. The van der Waals surface area contributed by atoms with E-state index in [0.29, 0.717) is 16.1 Å². The Morgan fingerprint density at radius 1 is 1.12 bits per heavy atom. The minimum absolute atomic E-state index is 0.195. The van der Waals surface area contributed by atoms with Crippen LogP contribution in [0.5, 0.6) is 0 Å². The maximum absolute atomic E-state index is 13.4. The molecule has 0 saturated carbocycles. The highest BCUT2D eigenvalue weighted by molar-refractivity contribution is 7.92. The van der Waals surface area contributed by atoms with Gasteiger partial charge in [0.1, 0.15) is 6.54 Å². The van der Waals surface area contributed by atoms with Gasteiger partial charge in [-0.3, -0.25) is 9.10 Å². The number of anilines is 1. The number of benzene rings is 2. The molecule has 0 saturated heterocycles. The lowest BCUT2D eigenvalue weighted by molar-refractivity contribution is -0.137. The number of hydrogen-bond acceptors (Lipinski definition) is 5. The zero-order valence-electron chi connectivity index (χ0n) is 17.0. The molecule has 6 nitrogen and oxygen atoms in total. The maximum atomic E-state index is 13.4. The fourth-order valence-electron chi connectivity index (χ4n) is 2.77. The van der Waals surface area contributed by atoms with E-state index < -0.39 is 39.2 Å². The average Bonchev–Trinajstić information content (AvgIpc) is 3.31. The largest absolute Gasteiger partial charge is 0.417 e. The van der Waals surface area contributed by atoms with Crippen LogP contribution in [0.2, 0.25) is 5.02 Å². The van der Waals surface area contributed by atoms with E-state index in [2.05, 4.69) is 10.5 Å². The summed E-state index contributed by atoms with van der Waals surface area (Å²) in [6, 6.07) is 13.3. The van der Waals surface area contributed by atoms with Gasteiger partial charge in [-0.25, -0.2) is 13.8 Å². The molecule has 3 aromatic rings. The Balaban J connectivity index is 1.98. The van der Waals surface area contributed by atoms with E-state index >= 15 is 0 Å². The van der Waals surface area contributed by atoms with E-state index in [1.807, 2.05) is 5.38 Å². The highest BCUT2D eigenvalue weighted by Gasteiger charge is 2.35. The summed E-state index contributed by atoms with van der Waals surface area (Å²) in [6.07, 6.45) is -4.82. The zero-order chi connectivity index (χ0) is 24.2. The van der Waals surface area contributed by atoms with E-state index in [0.717, 1.165) is 17.0 Å². The molecule has 33 heavy (non-hydrogen) atoms. The van der Waals surface area contributed by atoms with Gasteiger partial charge in [-0.2, -0.15) is 18.3 Å². The number of rotatable bonds is 7. The third-order valence-corrected chi connectivity index (χ3v) is 7.48. The first-order valence-electron chi connectivity index (χ1n) is 9.31. The summed E-state index contributed by atoms with van der Waals surface area (Å²) in [5.74, 6) is -0.839. The molecule has 1 amide bonds. The highest BCUT2D eigenvalue weighted by Crippen LogP contribution is 2.38. The van der Waals surface area contributed by atoms with Crippen LogP contribution < -0.4 is 9.73 Å². The Bertz CT molecular complexity index is 1260. The second-order valence-corrected chi connectivity index (χ2v) is 9.91. The van der Waals surface area contributed by atoms with Gasteiger partial charge in [-0.15, -0.1) is 11.3 Å².